The van der Waals surface area contributed by atoms with Gasteiger partial charge in [-0.15, -0.1) is 0 Å². The van der Waals surface area contributed by atoms with E-state index in [0.29, 0.717) is 11.6 Å². The van der Waals surface area contributed by atoms with Gasteiger partial charge >= 0.3 is 0 Å². The number of hydrogen-bond donors (Lipinski definition) is 1. The molecule has 4 nitrogen and oxygen atoms in total. The normalized spacial score (nSPS) is 14.4. The monoisotopic (exact) mass is 247 g/mol. The Hall–Kier alpha value is -1.58. The van der Waals surface area contributed by atoms with Crippen LogP contribution in [0, 0.1) is 6.92 Å². The van der Waals surface area contributed by atoms with Gasteiger partial charge in [-0.1, -0.05) is 6.92 Å². The van der Waals surface area contributed by atoms with Crippen LogP contribution in [-0.2, 0) is 0 Å². The van der Waals surface area contributed by atoms with Crippen LogP contribution in [0.1, 0.15) is 42.2 Å². The van der Waals surface area contributed by atoms with Gasteiger partial charge in [0.25, 0.3) is 5.91 Å². The highest BCUT2D eigenvalue weighted by Gasteiger charge is 2.33. The van der Waals surface area contributed by atoms with Gasteiger partial charge < -0.3 is 10.2 Å². The molecule has 18 heavy (non-hydrogen) atoms. The predicted octanol–water partition coefficient (Wildman–Crippen LogP) is 2.45. The minimum atomic E-state index is 0.108. The maximum Gasteiger partial charge on any atom is 0.257 e. The highest BCUT2D eigenvalue weighted by Crippen LogP contribution is 2.29. The molecule has 0 atom stereocenters. The van der Waals surface area contributed by atoms with E-state index in [1.807, 2.05) is 24.9 Å². The molecule has 1 heterocycles. The van der Waals surface area contributed by atoms with Crippen LogP contribution in [-0.4, -0.2) is 35.4 Å². The van der Waals surface area contributed by atoms with E-state index in [4.69, 9.17) is 0 Å². The van der Waals surface area contributed by atoms with Crippen molar-refractivity contribution in [2.75, 3.05) is 18.9 Å². The summed E-state index contributed by atoms with van der Waals surface area (Å²) in [5, 5.41) is 3.09. The molecule has 0 aliphatic heterocycles. The summed E-state index contributed by atoms with van der Waals surface area (Å²) in [5.74, 6) is 0.108. The lowest BCUT2D eigenvalue weighted by Gasteiger charge is -2.23. The van der Waals surface area contributed by atoms with Crippen molar-refractivity contribution in [3.05, 3.63) is 23.5 Å². The first kappa shape index (κ1) is 12.9. The highest BCUT2D eigenvalue weighted by atomic mass is 16.2. The van der Waals surface area contributed by atoms with Crippen molar-refractivity contribution in [3.8, 4) is 0 Å². The van der Waals surface area contributed by atoms with Gasteiger partial charge in [-0.25, -0.2) is 0 Å². The first-order chi connectivity index (χ1) is 8.67. The summed E-state index contributed by atoms with van der Waals surface area (Å²) in [5.41, 5.74) is 2.47. The van der Waals surface area contributed by atoms with Gasteiger partial charge in [0.15, 0.2) is 0 Å². The summed E-state index contributed by atoms with van der Waals surface area (Å²) >= 11 is 0. The molecule has 1 amide bonds. The van der Waals surface area contributed by atoms with Gasteiger partial charge in [0, 0.05) is 31.5 Å². The Bertz CT molecular complexity index is 441. The molecule has 1 fully saturated rings. The zero-order valence-electron chi connectivity index (χ0n) is 11.4. The van der Waals surface area contributed by atoms with Crippen molar-refractivity contribution in [2.24, 2.45) is 0 Å². The minimum Gasteiger partial charge on any atom is -0.387 e. The van der Waals surface area contributed by atoms with E-state index in [9.17, 15) is 4.79 Å². The molecule has 1 N–H and O–H groups in total. The SMILES string of the molecule is CCCN(C(=O)c1cnc(C)cc1NC)C1CC1. The van der Waals surface area contributed by atoms with E-state index in [0.717, 1.165) is 37.2 Å². The smallest absolute Gasteiger partial charge is 0.257 e. The van der Waals surface area contributed by atoms with Gasteiger partial charge in [-0.3, -0.25) is 9.78 Å². The van der Waals surface area contributed by atoms with E-state index in [1.54, 1.807) is 6.20 Å². The van der Waals surface area contributed by atoms with E-state index >= 15 is 0 Å². The van der Waals surface area contributed by atoms with E-state index in [-0.39, 0.29) is 5.91 Å². The molecular weight excluding hydrogens is 226 g/mol. The van der Waals surface area contributed by atoms with Gasteiger partial charge in [0.2, 0.25) is 0 Å². The molecule has 2 rings (SSSR count). The average molecular weight is 247 g/mol. The van der Waals surface area contributed by atoms with Crippen LogP contribution in [0.25, 0.3) is 0 Å². The van der Waals surface area contributed by atoms with Gasteiger partial charge in [-0.2, -0.15) is 0 Å². The van der Waals surface area contributed by atoms with Crippen LogP contribution in [0.2, 0.25) is 0 Å². The molecule has 4 heteroatoms. The summed E-state index contributed by atoms with van der Waals surface area (Å²) in [7, 11) is 1.84. The summed E-state index contributed by atoms with van der Waals surface area (Å²) in [4.78, 5) is 18.8. The van der Waals surface area contributed by atoms with Crippen LogP contribution < -0.4 is 5.32 Å². The predicted molar refractivity (Wildman–Crippen MR) is 72.9 cm³/mol. The second-order valence-electron chi connectivity index (χ2n) is 4.85. The maximum absolute atomic E-state index is 12.6. The van der Waals surface area contributed by atoms with Gasteiger partial charge in [0.05, 0.1) is 11.3 Å². The zero-order chi connectivity index (χ0) is 13.1. The molecule has 1 saturated carbocycles. The number of carbonyl (C=O) groups excluding carboxylic acids is 1. The quantitative estimate of drug-likeness (QED) is 0.869. The fraction of sp³-hybridized carbons (Fsp3) is 0.571. The number of anilines is 1. The number of nitrogens with one attached hydrogen (secondary N) is 1. The third-order valence-electron chi connectivity index (χ3n) is 3.25. The van der Waals surface area contributed by atoms with Crippen LogP contribution in [0.15, 0.2) is 12.3 Å². The lowest BCUT2D eigenvalue weighted by Crippen LogP contribution is -2.34. The Morgan fingerprint density at radius 1 is 1.56 bits per heavy atom. The summed E-state index contributed by atoms with van der Waals surface area (Å²) in [6, 6.07) is 2.37. The molecule has 0 radical (unpaired) electrons. The average Bonchev–Trinajstić information content (AvgIpc) is 3.19. The second-order valence-corrected chi connectivity index (χ2v) is 4.85. The van der Waals surface area contributed by atoms with Crippen LogP contribution in [0.4, 0.5) is 5.69 Å². The number of hydrogen-bond acceptors (Lipinski definition) is 3. The maximum atomic E-state index is 12.6. The minimum absolute atomic E-state index is 0.108. The van der Waals surface area contributed by atoms with E-state index in [2.05, 4.69) is 17.2 Å². The van der Waals surface area contributed by atoms with Gasteiger partial charge in [0.1, 0.15) is 0 Å². The Morgan fingerprint density at radius 3 is 2.83 bits per heavy atom. The van der Waals surface area contributed by atoms with E-state index in [1.165, 1.54) is 0 Å². The first-order valence-electron chi connectivity index (χ1n) is 6.62. The van der Waals surface area contributed by atoms with Crippen molar-refractivity contribution in [1.82, 2.24) is 9.88 Å². The molecule has 1 aromatic heterocycles. The molecule has 1 aliphatic carbocycles. The molecule has 0 unspecified atom stereocenters. The Labute approximate surface area is 108 Å². The molecule has 0 spiro atoms. The lowest BCUT2D eigenvalue weighted by atomic mass is 10.1. The summed E-state index contributed by atoms with van der Waals surface area (Å²) in [6.45, 7) is 4.87. The standard InChI is InChI=1S/C14H21N3O/c1-4-7-17(11-5-6-11)14(18)12-9-16-10(2)8-13(12)15-3/h8-9,11H,4-7H2,1-3H3,(H,15,16). The lowest BCUT2D eigenvalue weighted by molar-refractivity contribution is 0.0743. The number of aryl methyl sites for hydroxylation is 1. The molecule has 98 valence electrons. The number of nitrogens with zero attached hydrogens (tertiary/aromatic N) is 2. The fourth-order valence-corrected chi connectivity index (χ4v) is 2.17. The van der Waals surface area contributed by atoms with Crippen molar-refractivity contribution in [1.29, 1.82) is 0 Å². The van der Waals surface area contributed by atoms with Crippen LogP contribution in [0.5, 0.6) is 0 Å². The number of pyridine rings is 1. The molecule has 0 saturated heterocycles. The van der Waals surface area contributed by atoms with Crippen LogP contribution >= 0.6 is 0 Å². The molecule has 0 aromatic carbocycles. The fourth-order valence-electron chi connectivity index (χ4n) is 2.17. The van der Waals surface area contributed by atoms with E-state index < -0.39 is 0 Å². The second kappa shape index (κ2) is 5.38. The van der Waals surface area contributed by atoms with Crippen molar-refractivity contribution >= 4 is 11.6 Å². The highest BCUT2D eigenvalue weighted by molar-refractivity contribution is 5.99. The zero-order valence-corrected chi connectivity index (χ0v) is 11.4. The third-order valence-corrected chi connectivity index (χ3v) is 3.25. The van der Waals surface area contributed by atoms with Crippen molar-refractivity contribution in [3.63, 3.8) is 0 Å². The van der Waals surface area contributed by atoms with Crippen LogP contribution in [0.3, 0.4) is 0 Å². The Kier molecular flexibility index (Phi) is 3.84. The number of rotatable bonds is 5. The molecule has 1 aliphatic rings. The summed E-state index contributed by atoms with van der Waals surface area (Å²) in [6.07, 6.45) is 4.96. The van der Waals surface area contributed by atoms with Crippen molar-refractivity contribution in [2.45, 2.75) is 39.2 Å². The largest absolute Gasteiger partial charge is 0.387 e. The molecule has 1 aromatic rings. The molecular formula is C14H21N3O. The molecule has 0 bridgehead atoms. The van der Waals surface area contributed by atoms with Gasteiger partial charge in [-0.05, 0) is 32.3 Å². The number of amides is 1. The number of aromatic nitrogens is 1. The summed E-state index contributed by atoms with van der Waals surface area (Å²) < 4.78 is 0. The third kappa shape index (κ3) is 2.63. The van der Waals surface area contributed by atoms with Crippen molar-refractivity contribution < 1.29 is 4.79 Å². The Morgan fingerprint density at radius 2 is 2.28 bits per heavy atom. The first-order valence-corrected chi connectivity index (χ1v) is 6.62. The Balaban J connectivity index is 2.26. The number of carbonyl (C=O) groups is 1. The topological polar surface area (TPSA) is 45.2 Å².